The van der Waals surface area contributed by atoms with Crippen molar-refractivity contribution < 1.29 is 61.5 Å². The Labute approximate surface area is 392 Å². The van der Waals surface area contributed by atoms with E-state index in [2.05, 4.69) is 0 Å². The number of carbonyl (C=O) groups is 4. The van der Waals surface area contributed by atoms with Crippen LogP contribution in [0, 0.1) is 34.1 Å². The van der Waals surface area contributed by atoms with Gasteiger partial charge < -0.3 is 47.7 Å². The number of methoxy groups -OCH3 is 1. The van der Waals surface area contributed by atoms with Crippen LogP contribution in [-0.2, 0) is 43.4 Å². The monoisotopic (exact) mass is 949 g/mol. The predicted molar refractivity (Wildman–Crippen MR) is 248 cm³/mol. The molecule has 0 fully saturated rings. The summed E-state index contributed by atoms with van der Waals surface area (Å²) < 4.78 is 64.7. The number of hydrogen-bond donors (Lipinski definition) is 7. The van der Waals surface area contributed by atoms with Crippen LogP contribution in [0.1, 0.15) is 109 Å². The largest absolute Gasteiger partial charge is 0.497 e. The Morgan fingerprint density at radius 1 is 0.612 bits per heavy atom. The van der Waals surface area contributed by atoms with Gasteiger partial charge in [-0.15, -0.1) is 0 Å². The second-order valence-corrected chi connectivity index (χ2v) is 18.9. The van der Waals surface area contributed by atoms with E-state index in [0.717, 1.165) is 47.7 Å². The number of nitrogens with two attached hydrogens (primary N) is 4. The number of aliphatic hydroxyl groups excluding tert-OH is 3. The van der Waals surface area contributed by atoms with Gasteiger partial charge in [-0.05, 0) is 115 Å². The molecule has 0 bridgehead atoms. The molecule has 0 aromatic heterocycles. The maximum atomic E-state index is 13.8. The van der Waals surface area contributed by atoms with Crippen molar-refractivity contribution in [2.75, 3.05) is 20.3 Å². The lowest BCUT2D eigenvalue weighted by molar-refractivity contribution is -0.130. The van der Waals surface area contributed by atoms with Crippen molar-refractivity contribution in [3.8, 4) is 5.75 Å². The van der Waals surface area contributed by atoms with Crippen molar-refractivity contribution in [1.29, 1.82) is 0 Å². The van der Waals surface area contributed by atoms with Crippen molar-refractivity contribution in [3.05, 3.63) is 101 Å². The molecule has 2 unspecified atom stereocenters. The second kappa shape index (κ2) is 28.8. The van der Waals surface area contributed by atoms with Gasteiger partial charge >= 0.3 is 0 Å². The molecule has 0 radical (unpaired) electrons. The zero-order valence-corrected chi connectivity index (χ0v) is 39.5. The SMILES string of the molecule is CC(C)(CCC(=O)CC(N)Cc1cc(F)ccc1F)CCC(=O)[C@@H](O)[C@H](N)CO.COc1ccc(COC[C@@H](N)[C@H](O)C(=O)CCC(C)(C)CCC(=O)CC(N)Cc2cc(F)ccc2F)cc1. The minimum atomic E-state index is -1.40. The first kappa shape index (κ1) is 58.7. The lowest BCUT2D eigenvalue weighted by Crippen LogP contribution is -2.44. The van der Waals surface area contributed by atoms with Gasteiger partial charge in [-0.1, -0.05) is 39.8 Å². The van der Waals surface area contributed by atoms with Crippen molar-refractivity contribution >= 4 is 23.1 Å². The highest BCUT2D eigenvalue weighted by molar-refractivity contribution is 5.84. The van der Waals surface area contributed by atoms with Crippen LogP contribution in [0.5, 0.6) is 5.75 Å². The highest BCUT2D eigenvalue weighted by atomic mass is 19.1. The highest BCUT2D eigenvalue weighted by Gasteiger charge is 2.28. The molecule has 6 atom stereocenters. The number of carbonyl (C=O) groups excluding carboxylic acids is 4. The third kappa shape index (κ3) is 22.9. The molecule has 0 saturated carbocycles. The van der Waals surface area contributed by atoms with Crippen LogP contribution in [-0.4, -0.2) is 95.2 Å². The molecule has 0 aliphatic carbocycles. The quantitative estimate of drug-likeness (QED) is 0.0409. The number of ketones is 4. The number of Topliss-reactive ketones (excluding diaryl/α,β-unsaturated/α-hetero) is 4. The summed E-state index contributed by atoms with van der Waals surface area (Å²) in [5, 5.41) is 28.9. The summed E-state index contributed by atoms with van der Waals surface area (Å²) in [6.45, 7) is 7.55. The van der Waals surface area contributed by atoms with E-state index in [1.54, 1.807) is 7.11 Å². The molecule has 0 saturated heterocycles. The normalized spacial score (nSPS) is 14.5. The van der Waals surface area contributed by atoms with E-state index < -0.39 is 72.0 Å². The lowest BCUT2D eigenvalue weighted by Gasteiger charge is -2.25. The van der Waals surface area contributed by atoms with Crippen molar-refractivity contribution in [3.63, 3.8) is 0 Å². The Hall–Kier alpha value is -4.46. The van der Waals surface area contributed by atoms with Gasteiger partial charge in [0, 0.05) is 50.6 Å². The summed E-state index contributed by atoms with van der Waals surface area (Å²) in [4.78, 5) is 49.1. The Morgan fingerprint density at radius 2 is 1.01 bits per heavy atom. The Bertz CT molecular complexity index is 2020. The fourth-order valence-electron chi connectivity index (χ4n) is 7.03. The number of halogens is 4. The van der Waals surface area contributed by atoms with Gasteiger partial charge in [-0.25, -0.2) is 17.6 Å². The standard InChI is InChI=1S/C29H40F2N2O5.C21H32F2N2O4/c1-29(2,12-10-23(34)16-22(32)15-20-14-21(30)6-9-25(20)31)13-11-27(35)28(36)26(33)18-38-17-19-4-7-24(37-3)8-5-19;1-21(2,8-6-19(28)20(29)18(25)12-26)7-5-16(27)11-15(24)10-13-9-14(22)3-4-17(13)23/h4-9,14,22,26,28,36H,10-13,15-18,32-33H2,1-3H3;3-4,9,15,18,20,26,29H,5-8,10-12,24-25H2,1-2H3/t22?,26-,28+;15?,18-,20+/m11/s1. The zero-order chi connectivity index (χ0) is 50.5. The highest BCUT2D eigenvalue weighted by Crippen LogP contribution is 2.31. The maximum Gasteiger partial charge on any atom is 0.162 e. The van der Waals surface area contributed by atoms with Gasteiger partial charge in [-0.3, -0.25) is 19.2 Å². The maximum absolute atomic E-state index is 13.8. The van der Waals surface area contributed by atoms with E-state index in [9.17, 15) is 47.0 Å². The van der Waals surface area contributed by atoms with Crippen LogP contribution in [0.15, 0.2) is 60.7 Å². The summed E-state index contributed by atoms with van der Waals surface area (Å²) in [5.41, 5.74) is 23.9. The molecule has 0 amide bonds. The summed E-state index contributed by atoms with van der Waals surface area (Å²) in [6, 6.07) is 10.6. The third-order valence-corrected chi connectivity index (χ3v) is 11.6. The smallest absolute Gasteiger partial charge is 0.162 e. The van der Waals surface area contributed by atoms with Crippen LogP contribution in [0.3, 0.4) is 0 Å². The fraction of sp³-hybridized carbons (Fsp3) is 0.560. The Kier molecular flexibility index (Phi) is 25.2. The lowest BCUT2D eigenvalue weighted by atomic mass is 9.81. The molecule has 0 aliphatic heterocycles. The number of ether oxygens (including phenoxy) is 2. The Morgan fingerprint density at radius 3 is 1.42 bits per heavy atom. The van der Waals surface area contributed by atoms with E-state index in [-0.39, 0.29) is 97.3 Å². The van der Waals surface area contributed by atoms with E-state index in [4.69, 9.17) is 37.5 Å². The molecule has 13 nitrogen and oxygen atoms in total. The number of rotatable bonds is 30. The molecular weight excluding hydrogens is 877 g/mol. The Balaban J connectivity index is 0.000000478. The van der Waals surface area contributed by atoms with Crippen LogP contribution < -0.4 is 27.7 Å². The molecule has 17 heteroatoms. The molecule has 374 valence electrons. The van der Waals surface area contributed by atoms with E-state index in [0.29, 0.717) is 32.3 Å². The van der Waals surface area contributed by atoms with E-state index in [1.165, 1.54) is 0 Å². The van der Waals surface area contributed by atoms with Gasteiger partial charge in [0.1, 0.15) is 52.8 Å². The number of benzene rings is 3. The average Bonchev–Trinajstić information content (AvgIpc) is 3.28. The van der Waals surface area contributed by atoms with Crippen LogP contribution >= 0.6 is 0 Å². The molecular formula is C50H72F4N4O9. The van der Waals surface area contributed by atoms with Crippen LogP contribution in [0.2, 0.25) is 0 Å². The van der Waals surface area contributed by atoms with Crippen LogP contribution in [0.25, 0.3) is 0 Å². The summed E-state index contributed by atoms with van der Waals surface area (Å²) >= 11 is 0. The number of hydrogen-bond acceptors (Lipinski definition) is 13. The first-order chi connectivity index (χ1) is 31.3. The minimum Gasteiger partial charge on any atom is -0.497 e. The molecule has 67 heavy (non-hydrogen) atoms. The van der Waals surface area contributed by atoms with E-state index in [1.807, 2.05) is 52.0 Å². The first-order valence-corrected chi connectivity index (χ1v) is 22.5. The zero-order valence-electron chi connectivity index (χ0n) is 39.5. The molecule has 0 spiro atoms. The van der Waals surface area contributed by atoms with Gasteiger partial charge in [0.2, 0.25) is 0 Å². The van der Waals surface area contributed by atoms with E-state index >= 15 is 0 Å². The van der Waals surface area contributed by atoms with Gasteiger partial charge in [0.25, 0.3) is 0 Å². The third-order valence-electron chi connectivity index (χ3n) is 11.6. The summed E-state index contributed by atoms with van der Waals surface area (Å²) in [7, 11) is 1.59. The molecule has 3 aromatic carbocycles. The average molecular weight is 949 g/mol. The topological polar surface area (TPSA) is 252 Å². The van der Waals surface area contributed by atoms with Crippen molar-refractivity contribution in [1.82, 2.24) is 0 Å². The molecule has 0 heterocycles. The minimum absolute atomic E-state index is 0.0244. The summed E-state index contributed by atoms with van der Waals surface area (Å²) in [6.07, 6.45) is 0.154. The van der Waals surface area contributed by atoms with Crippen molar-refractivity contribution in [2.45, 2.75) is 148 Å². The molecule has 0 aliphatic rings. The molecule has 3 rings (SSSR count). The second-order valence-electron chi connectivity index (χ2n) is 18.9. The van der Waals surface area contributed by atoms with Crippen molar-refractivity contribution in [2.24, 2.45) is 33.8 Å². The van der Waals surface area contributed by atoms with Gasteiger partial charge in [-0.2, -0.15) is 0 Å². The molecule has 11 N–H and O–H groups in total. The molecule has 3 aromatic rings. The van der Waals surface area contributed by atoms with Crippen LogP contribution in [0.4, 0.5) is 17.6 Å². The fourth-order valence-corrected chi connectivity index (χ4v) is 7.03. The first-order valence-electron chi connectivity index (χ1n) is 22.5. The predicted octanol–water partition coefficient (Wildman–Crippen LogP) is 5.49. The van der Waals surface area contributed by atoms with Gasteiger partial charge in [0.05, 0.1) is 39.0 Å². The van der Waals surface area contributed by atoms with Gasteiger partial charge in [0.15, 0.2) is 11.6 Å². The summed E-state index contributed by atoms with van der Waals surface area (Å²) in [5.74, 6) is -2.45. The number of aliphatic hydroxyl groups is 3.